The number of thiazole rings is 1. The van der Waals surface area contributed by atoms with Gasteiger partial charge < -0.3 is 14.8 Å². The number of hydrogen-bond donors (Lipinski definition) is 1. The van der Waals surface area contributed by atoms with Gasteiger partial charge in [-0.2, -0.15) is 0 Å². The predicted octanol–water partition coefficient (Wildman–Crippen LogP) is 2.46. The van der Waals surface area contributed by atoms with Gasteiger partial charge in [0, 0.05) is 31.2 Å². The number of hydrogen-bond acceptors (Lipinski definition) is 5. The number of methoxy groups -OCH3 is 1. The smallest absolute Gasteiger partial charge is 0.220 e. The second-order valence-corrected chi connectivity index (χ2v) is 6.67. The zero-order valence-electron chi connectivity index (χ0n) is 12.8. The Labute approximate surface area is 130 Å². The number of carbonyl (C=O) groups is 1. The summed E-state index contributed by atoms with van der Waals surface area (Å²) in [6.45, 7) is 3.83. The average molecular weight is 312 g/mol. The molecule has 0 saturated heterocycles. The molecular weight excluding hydrogens is 288 g/mol. The van der Waals surface area contributed by atoms with Crippen molar-refractivity contribution in [2.45, 2.75) is 38.6 Å². The second kappa shape index (κ2) is 8.46. The summed E-state index contributed by atoms with van der Waals surface area (Å²) in [6, 6.07) is 0.102. The van der Waals surface area contributed by atoms with Crippen LogP contribution in [0.2, 0.25) is 0 Å². The number of carbonyl (C=O) groups excluding carboxylic acids is 1. The Bertz CT molecular complexity index is 446. The van der Waals surface area contributed by atoms with Gasteiger partial charge in [0.25, 0.3) is 0 Å². The first-order valence-electron chi connectivity index (χ1n) is 7.49. The minimum absolute atomic E-state index is 0.0927. The van der Waals surface area contributed by atoms with Gasteiger partial charge in [0.05, 0.1) is 19.3 Å². The number of rotatable bonds is 10. The highest BCUT2D eigenvalue weighted by atomic mass is 32.1. The zero-order chi connectivity index (χ0) is 15.1. The molecule has 6 heteroatoms. The Morgan fingerprint density at radius 2 is 2.29 bits per heavy atom. The van der Waals surface area contributed by atoms with Gasteiger partial charge in [0.2, 0.25) is 5.91 Å². The van der Waals surface area contributed by atoms with Gasteiger partial charge in [-0.3, -0.25) is 4.79 Å². The molecule has 0 spiro atoms. The first-order valence-corrected chi connectivity index (χ1v) is 8.30. The number of nitrogens with one attached hydrogen (secondary N) is 1. The summed E-state index contributed by atoms with van der Waals surface area (Å²) in [5.41, 5.74) is 0. The van der Waals surface area contributed by atoms with E-state index < -0.39 is 0 Å². The maximum Gasteiger partial charge on any atom is 0.220 e. The van der Waals surface area contributed by atoms with Crippen LogP contribution in [0.4, 0.5) is 0 Å². The van der Waals surface area contributed by atoms with Crippen LogP contribution in [0.5, 0.6) is 0 Å². The largest absolute Gasteiger partial charge is 0.382 e. The highest BCUT2D eigenvalue weighted by Crippen LogP contribution is 2.42. The van der Waals surface area contributed by atoms with Crippen molar-refractivity contribution in [1.29, 1.82) is 0 Å². The van der Waals surface area contributed by atoms with Crippen LogP contribution in [0.25, 0.3) is 0 Å². The number of aromatic nitrogens is 1. The fourth-order valence-corrected chi connectivity index (χ4v) is 3.07. The number of aryl methyl sites for hydroxylation is 1. The summed E-state index contributed by atoms with van der Waals surface area (Å²) in [5.74, 6) is 0.660. The van der Waals surface area contributed by atoms with Crippen molar-refractivity contribution in [3.8, 4) is 0 Å². The minimum Gasteiger partial charge on any atom is -0.382 e. The third-order valence-electron chi connectivity index (χ3n) is 3.44. The van der Waals surface area contributed by atoms with E-state index >= 15 is 0 Å². The maximum atomic E-state index is 12.0. The van der Waals surface area contributed by atoms with Crippen LogP contribution in [0.1, 0.15) is 41.6 Å². The van der Waals surface area contributed by atoms with Crippen LogP contribution in [-0.2, 0) is 14.3 Å². The molecule has 1 atom stereocenters. The lowest BCUT2D eigenvalue weighted by molar-refractivity contribution is -0.122. The minimum atomic E-state index is 0.0927. The second-order valence-electron chi connectivity index (χ2n) is 5.40. The van der Waals surface area contributed by atoms with E-state index in [1.165, 1.54) is 17.7 Å². The van der Waals surface area contributed by atoms with Gasteiger partial charge in [0.1, 0.15) is 5.01 Å². The molecule has 1 aromatic heterocycles. The molecule has 21 heavy (non-hydrogen) atoms. The molecule has 1 aromatic rings. The number of ether oxygens (including phenoxy) is 2. The van der Waals surface area contributed by atoms with Crippen molar-refractivity contribution in [3.05, 3.63) is 16.1 Å². The van der Waals surface area contributed by atoms with Crippen LogP contribution in [0.3, 0.4) is 0 Å². The molecule has 0 radical (unpaired) electrons. The fourth-order valence-electron chi connectivity index (χ4n) is 2.15. The number of nitrogens with zero attached hydrogens (tertiary/aromatic N) is 1. The topological polar surface area (TPSA) is 60.5 Å². The highest BCUT2D eigenvalue weighted by molar-refractivity contribution is 7.11. The van der Waals surface area contributed by atoms with Crippen LogP contribution in [0, 0.1) is 12.8 Å². The van der Waals surface area contributed by atoms with E-state index in [0.29, 0.717) is 32.2 Å². The SMILES string of the molecule is COCCOCCCC(=O)N[C@@H](c1ncc(C)s1)C1CC1. The summed E-state index contributed by atoms with van der Waals surface area (Å²) in [7, 11) is 1.65. The third kappa shape index (κ3) is 5.73. The van der Waals surface area contributed by atoms with Crippen LogP contribution >= 0.6 is 11.3 Å². The molecule has 2 rings (SSSR count). The molecule has 0 bridgehead atoms. The van der Waals surface area contributed by atoms with Crippen molar-refractivity contribution in [3.63, 3.8) is 0 Å². The van der Waals surface area contributed by atoms with Crippen LogP contribution in [-0.4, -0.2) is 37.8 Å². The van der Waals surface area contributed by atoms with Gasteiger partial charge in [-0.25, -0.2) is 4.98 Å². The molecule has 1 aliphatic rings. The molecular formula is C15H24N2O3S. The van der Waals surface area contributed by atoms with Gasteiger partial charge in [-0.1, -0.05) is 0 Å². The van der Waals surface area contributed by atoms with Crippen LogP contribution in [0.15, 0.2) is 6.20 Å². The Morgan fingerprint density at radius 3 is 2.90 bits per heavy atom. The van der Waals surface area contributed by atoms with Crippen molar-refractivity contribution >= 4 is 17.2 Å². The van der Waals surface area contributed by atoms with E-state index in [9.17, 15) is 4.79 Å². The van der Waals surface area contributed by atoms with E-state index in [-0.39, 0.29) is 11.9 Å². The first kappa shape index (κ1) is 16.4. The number of amides is 1. The van der Waals surface area contributed by atoms with Crippen molar-refractivity contribution < 1.29 is 14.3 Å². The van der Waals surface area contributed by atoms with Crippen molar-refractivity contribution in [1.82, 2.24) is 10.3 Å². The molecule has 0 unspecified atom stereocenters. The highest BCUT2D eigenvalue weighted by Gasteiger charge is 2.35. The Morgan fingerprint density at radius 1 is 1.48 bits per heavy atom. The first-order chi connectivity index (χ1) is 10.2. The van der Waals surface area contributed by atoms with E-state index in [1.807, 2.05) is 13.1 Å². The third-order valence-corrected chi connectivity index (χ3v) is 4.44. The Kier molecular flexibility index (Phi) is 6.60. The molecule has 1 fully saturated rings. The predicted molar refractivity (Wildman–Crippen MR) is 82.4 cm³/mol. The summed E-state index contributed by atoms with van der Waals surface area (Å²) in [6.07, 6.45) is 5.49. The quantitative estimate of drug-likeness (QED) is 0.674. The molecule has 1 heterocycles. The normalized spacial score (nSPS) is 15.9. The molecule has 118 valence electrons. The summed E-state index contributed by atoms with van der Waals surface area (Å²) in [5, 5.41) is 4.18. The summed E-state index contributed by atoms with van der Waals surface area (Å²) in [4.78, 5) is 17.7. The zero-order valence-corrected chi connectivity index (χ0v) is 13.6. The van der Waals surface area contributed by atoms with E-state index in [2.05, 4.69) is 10.3 Å². The average Bonchev–Trinajstić information content (AvgIpc) is 3.22. The van der Waals surface area contributed by atoms with Crippen LogP contribution < -0.4 is 5.32 Å². The lowest BCUT2D eigenvalue weighted by Gasteiger charge is -2.15. The van der Waals surface area contributed by atoms with Crippen molar-refractivity contribution in [2.75, 3.05) is 26.9 Å². The lowest BCUT2D eigenvalue weighted by Crippen LogP contribution is -2.29. The van der Waals surface area contributed by atoms with Gasteiger partial charge in [-0.05, 0) is 32.1 Å². The van der Waals surface area contributed by atoms with Gasteiger partial charge in [0.15, 0.2) is 0 Å². The van der Waals surface area contributed by atoms with Gasteiger partial charge in [-0.15, -0.1) is 11.3 Å². The molecule has 0 aliphatic heterocycles. The summed E-state index contributed by atoms with van der Waals surface area (Å²) >= 11 is 1.68. The maximum absolute atomic E-state index is 12.0. The Hall–Kier alpha value is -0.980. The molecule has 1 N–H and O–H groups in total. The lowest BCUT2D eigenvalue weighted by atomic mass is 10.2. The molecule has 1 amide bonds. The summed E-state index contributed by atoms with van der Waals surface area (Å²) < 4.78 is 10.3. The molecule has 5 nitrogen and oxygen atoms in total. The van der Waals surface area contributed by atoms with Gasteiger partial charge >= 0.3 is 0 Å². The molecule has 1 aliphatic carbocycles. The van der Waals surface area contributed by atoms with E-state index in [1.54, 1.807) is 18.4 Å². The molecule has 0 aromatic carbocycles. The van der Waals surface area contributed by atoms with Crippen molar-refractivity contribution in [2.24, 2.45) is 5.92 Å². The Balaban J connectivity index is 1.70. The standard InChI is InChI=1S/C15H24N2O3S/c1-11-10-16-15(21-11)14(12-5-6-12)17-13(18)4-3-7-20-9-8-19-2/h10,12,14H,3-9H2,1-2H3,(H,17,18)/t14-/m1/s1. The monoisotopic (exact) mass is 312 g/mol. The van der Waals surface area contributed by atoms with E-state index in [0.717, 1.165) is 11.4 Å². The van der Waals surface area contributed by atoms with E-state index in [4.69, 9.17) is 9.47 Å². The fraction of sp³-hybridized carbons (Fsp3) is 0.733. The molecule has 1 saturated carbocycles.